The second kappa shape index (κ2) is 12.9. The molecule has 1 aliphatic carbocycles. The number of fused-ring (bicyclic) bond motifs is 2. The summed E-state index contributed by atoms with van der Waals surface area (Å²) < 4.78 is 16.7. The number of hydrogen-bond acceptors (Lipinski definition) is 5. The molecule has 7 heteroatoms. The molecule has 3 rings (SSSR count). The van der Waals surface area contributed by atoms with Crippen LogP contribution in [0.25, 0.3) is 0 Å². The van der Waals surface area contributed by atoms with Crippen LogP contribution in [-0.2, 0) is 20.6 Å². The fraction of sp³-hybridized carbons (Fsp3) is 0.483. The molecule has 0 atom stereocenters. The zero-order chi connectivity index (χ0) is 26.1. The van der Waals surface area contributed by atoms with E-state index >= 15 is 0 Å². The molecule has 1 aromatic carbocycles. The van der Waals surface area contributed by atoms with Gasteiger partial charge in [0.1, 0.15) is 24.6 Å². The zero-order valence-electron chi connectivity index (χ0n) is 21.8. The predicted octanol–water partition coefficient (Wildman–Crippen LogP) is 6.11. The van der Waals surface area contributed by atoms with Crippen molar-refractivity contribution in [2.75, 3.05) is 44.9 Å². The van der Waals surface area contributed by atoms with Gasteiger partial charge in [0.15, 0.2) is 0 Å². The summed E-state index contributed by atoms with van der Waals surface area (Å²) in [6, 6.07) is 6.09. The molecule has 1 aliphatic heterocycles. The first-order chi connectivity index (χ1) is 17.2. The lowest BCUT2D eigenvalue weighted by atomic mass is 10.0. The molecule has 36 heavy (non-hydrogen) atoms. The van der Waals surface area contributed by atoms with Crippen LogP contribution < -0.4 is 4.90 Å². The van der Waals surface area contributed by atoms with Crippen LogP contribution in [0.2, 0.25) is 5.02 Å². The van der Waals surface area contributed by atoms with Crippen LogP contribution >= 0.6 is 11.6 Å². The Labute approximate surface area is 220 Å². The summed E-state index contributed by atoms with van der Waals surface area (Å²) in [5.41, 5.74) is 4.25. The van der Waals surface area contributed by atoms with Crippen LogP contribution in [0.4, 0.5) is 10.5 Å². The number of terminal acetylenes is 1. The highest BCUT2D eigenvalue weighted by molar-refractivity contribution is 6.30. The molecule has 1 amide bonds. The molecule has 2 aliphatic rings. The molecule has 1 aromatic rings. The average Bonchev–Trinajstić information content (AvgIpc) is 2.96. The van der Waals surface area contributed by atoms with Crippen LogP contribution in [0.3, 0.4) is 0 Å². The van der Waals surface area contributed by atoms with Crippen LogP contribution in [0.15, 0.2) is 53.5 Å². The Hall–Kier alpha value is -2.88. The molecule has 194 valence electrons. The molecule has 0 radical (unpaired) electrons. The molecule has 0 aromatic heterocycles. The van der Waals surface area contributed by atoms with Gasteiger partial charge in [-0.2, -0.15) is 0 Å². The molecular formula is C29H37ClN2O4. The maximum absolute atomic E-state index is 12.3. The molecule has 0 N–H and O–H groups in total. The molecule has 0 unspecified atom stereocenters. The summed E-state index contributed by atoms with van der Waals surface area (Å²) in [5.74, 6) is 3.37. The van der Waals surface area contributed by atoms with Gasteiger partial charge in [-0.05, 0) is 75.5 Å². The van der Waals surface area contributed by atoms with E-state index in [0.717, 1.165) is 54.4 Å². The lowest BCUT2D eigenvalue weighted by molar-refractivity contribution is 0.0296. The number of halogens is 1. The fourth-order valence-electron chi connectivity index (χ4n) is 4.13. The highest BCUT2D eigenvalue weighted by atomic mass is 35.5. The highest BCUT2D eigenvalue weighted by Crippen LogP contribution is 2.38. The molecule has 0 fully saturated rings. The number of unbranched alkanes of at least 4 members (excludes halogenated alkanes) is 1. The van der Waals surface area contributed by atoms with E-state index in [1.807, 2.05) is 39.0 Å². The Morgan fingerprint density at radius 3 is 2.78 bits per heavy atom. The lowest BCUT2D eigenvalue weighted by Gasteiger charge is -2.31. The molecule has 1 heterocycles. The van der Waals surface area contributed by atoms with Crippen LogP contribution in [0.1, 0.15) is 45.6 Å². The Morgan fingerprint density at radius 1 is 1.22 bits per heavy atom. The van der Waals surface area contributed by atoms with E-state index in [1.165, 1.54) is 11.1 Å². The van der Waals surface area contributed by atoms with E-state index in [0.29, 0.717) is 26.4 Å². The van der Waals surface area contributed by atoms with E-state index in [-0.39, 0.29) is 6.09 Å². The number of nitrogens with zero attached hydrogens (tertiary/aromatic N) is 2. The smallest absolute Gasteiger partial charge is 0.410 e. The van der Waals surface area contributed by atoms with Gasteiger partial charge in [0, 0.05) is 43.0 Å². The largest absolute Gasteiger partial charge is 0.495 e. The van der Waals surface area contributed by atoms with Crippen molar-refractivity contribution in [3.8, 4) is 12.3 Å². The summed E-state index contributed by atoms with van der Waals surface area (Å²) in [4.78, 5) is 16.3. The van der Waals surface area contributed by atoms with E-state index in [1.54, 1.807) is 11.9 Å². The molecule has 0 spiro atoms. The molecule has 0 saturated heterocycles. The van der Waals surface area contributed by atoms with Crippen molar-refractivity contribution in [1.29, 1.82) is 0 Å². The summed E-state index contributed by atoms with van der Waals surface area (Å²) in [6.45, 7) is 8.29. The van der Waals surface area contributed by atoms with Crippen LogP contribution in [0.5, 0.6) is 0 Å². The fourth-order valence-corrected chi connectivity index (χ4v) is 4.30. The minimum Gasteiger partial charge on any atom is -0.495 e. The highest BCUT2D eigenvalue weighted by Gasteiger charge is 2.25. The SMILES string of the molecule is C#CCOCCOC1=CC=C2C(=CCc3ccc(Cl)cc3N2CCCCN(C)C(=O)OC(C)(C)C)C1. The number of ether oxygens (including phenoxy) is 3. The first kappa shape index (κ1) is 27.7. The normalized spacial score (nSPS) is 14.9. The maximum atomic E-state index is 12.3. The van der Waals surface area contributed by atoms with Gasteiger partial charge >= 0.3 is 6.09 Å². The van der Waals surface area contributed by atoms with Gasteiger partial charge in [0.25, 0.3) is 0 Å². The first-order valence-corrected chi connectivity index (χ1v) is 12.8. The van der Waals surface area contributed by atoms with Crippen molar-refractivity contribution in [2.24, 2.45) is 0 Å². The first-order valence-electron chi connectivity index (χ1n) is 12.4. The van der Waals surface area contributed by atoms with Crippen molar-refractivity contribution in [3.05, 3.63) is 64.0 Å². The Kier molecular flexibility index (Phi) is 9.92. The number of rotatable bonds is 10. The Morgan fingerprint density at radius 2 is 2.03 bits per heavy atom. The van der Waals surface area contributed by atoms with Gasteiger partial charge < -0.3 is 24.0 Å². The Bertz CT molecular complexity index is 1060. The maximum Gasteiger partial charge on any atom is 0.410 e. The number of carbonyl (C=O) groups is 1. The topological polar surface area (TPSA) is 51.2 Å². The number of anilines is 1. The zero-order valence-corrected chi connectivity index (χ0v) is 22.6. The second-order valence-corrected chi connectivity index (χ2v) is 10.4. The third-order valence-electron chi connectivity index (χ3n) is 5.85. The Balaban J connectivity index is 1.68. The monoisotopic (exact) mass is 512 g/mol. The van der Waals surface area contributed by atoms with Crippen molar-refractivity contribution >= 4 is 23.4 Å². The minimum absolute atomic E-state index is 0.293. The van der Waals surface area contributed by atoms with Gasteiger partial charge in [-0.25, -0.2) is 4.79 Å². The number of allylic oxidation sites excluding steroid dienone is 5. The number of benzene rings is 1. The number of hydrogen-bond donors (Lipinski definition) is 0. The quantitative estimate of drug-likeness (QED) is 0.279. The van der Waals surface area contributed by atoms with Gasteiger partial charge in [-0.15, -0.1) is 6.42 Å². The summed E-state index contributed by atoms with van der Waals surface area (Å²) >= 11 is 6.40. The van der Waals surface area contributed by atoms with E-state index in [9.17, 15) is 4.79 Å². The van der Waals surface area contributed by atoms with E-state index in [2.05, 4.69) is 29.0 Å². The summed E-state index contributed by atoms with van der Waals surface area (Å²) in [7, 11) is 1.78. The van der Waals surface area contributed by atoms with Gasteiger partial charge in [0.2, 0.25) is 0 Å². The minimum atomic E-state index is -0.499. The number of carbonyl (C=O) groups excluding carboxylic acids is 1. The van der Waals surface area contributed by atoms with E-state index < -0.39 is 5.60 Å². The summed E-state index contributed by atoms with van der Waals surface area (Å²) in [5, 5.41) is 0.717. The van der Waals surface area contributed by atoms with Gasteiger partial charge in [-0.3, -0.25) is 0 Å². The van der Waals surface area contributed by atoms with Crippen LogP contribution in [0, 0.1) is 12.3 Å². The van der Waals surface area contributed by atoms with Crippen molar-refractivity contribution in [3.63, 3.8) is 0 Å². The van der Waals surface area contributed by atoms with Gasteiger partial charge in [-0.1, -0.05) is 29.7 Å². The molecular weight excluding hydrogens is 476 g/mol. The van der Waals surface area contributed by atoms with Gasteiger partial charge in [0.05, 0.1) is 6.61 Å². The predicted molar refractivity (Wildman–Crippen MR) is 145 cm³/mol. The van der Waals surface area contributed by atoms with Crippen molar-refractivity contribution in [1.82, 2.24) is 4.90 Å². The average molecular weight is 513 g/mol. The van der Waals surface area contributed by atoms with Crippen molar-refractivity contribution in [2.45, 2.75) is 52.1 Å². The third-order valence-corrected chi connectivity index (χ3v) is 6.08. The second-order valence-electron chi connectivity index (χ2n) is 9.93. The third kappa shape index (κ3) is 8.08. The standard InChI is InChI=1S/C29H37ClN2O4/c1-6-17-34-18-19-35-25-13-14-26-23(20-25)10-9-22-11-12-24(30)21-27(22)32(26)16-8-7-15-31(5)28(33)36-29(2,3)4/h1,10-14,21H,7-9,15-20H2,2-5H3. The number of amides is 1. The molecule has 0 saturated carbocycles. The van der Waals surface area contributed by atoms with E-state index in [4.69, 9.17) is 32.2 Å². The van der Waals surface area contributed by atoms with Crippen molar-refractivity contribution < 1.29 is 19.0 Å². The lowest BCUT2D eigenvalue weighted by Crippen LogP contribution is -2.35. The van der Waals surface area contributed by atoms with Crippen LogP contribution in [-0.4, -0.2) is 56.6 Å². The summed E-state index contributed by atoms with van der Waals surface area (Å²) in [6.07, 6.45) is 14.7. The molecule has 6 nitrogen and oxygen atoms in total. The molecule has 0 bridgehead atoms.